The van der Waals surface area contributed by atoms with Gasteiger partial charge in [-0.25, -0.2) is 4.79 Å². The van der Waals surface area contributed by atoms with Crippen LogP contribution in [0.15, 0.2) is 0 Å². The van der Waals surface area contributed by atoms with Crippen LogP contribution in [0.4, 0.5) is 0 Å². The van der Waals surface area contributed by atoms with Gasteiger partial charge in [-0.2, -0.15) is 0 Å². The van der Waals surface area contributed by atoms with Crippen LogP contribution >= 0.6 is 0 Å². The molecule has 0 saturated carbocycles. The lowest BCUT2D eigenvalue weighted by Crippen LogP contribution is -2.36. The van der Waals surface area contributed by atoms with E-state index in [1.807, 2.05) is 0 Å². The first-order valence-electron chi connectivity index (χ1n) is 4.89. The summed E-state index contributed by atoms with van der Waals surface area (Å²) < 4.78 is 4.55. The van der Waals surface area contributed by atoms with Crippen LogP contribution in [0.5, 0.6) is 0 Å². The number of hydrogen-bond acceptors (Lipinski definition) is 4. The molecule has 1 saturated heterocycles. The Labute approximate surface area is 83.2 Å². The normalized spacial score (nSPS) is 20.5. The van der Waals surface area contributed by atoms with Gasteiger partial charge in [-0.1, -0.05) is 0 Å². The highest BCUT2D eigenvalue weighted by atomic mass is 16.5. The molecule has 0 aromatic rings. The molecule has 0 radical (unpaired) electrons. The van der Waals surface area contributed by atoms with E-state index in [0.717, 1.165) is 19.5 Å². The van der Waals surface area contributed by atoms with E-state index in [4.69, 9.17) is 0 Å². The van der Waals surface area contributed by atoms with Crippen molar-refractivity contribution in [1.82, 2.24) is 10.6 Å². The van der Waals surface area contributed by atoms with E-state index < -0.39 is 11.9 Å². The van der Waals surface area contributed by atoms with Crippen molar-refractivity contribution in [2.45, 2.75) is 13.3 Å². The molecule has 0 aromatic carbocycles. The minimum Gasteiger partial charge on any atom is -0.459 e. The third-order valence-corrected chi connectivity index (χ3v) is 2.17. The highest BCUT2D eigenvalue weighted by Crippen LogP contribution is 2.04. The van der Waals surface area contributed by atoms with Gasteiger partial charge in [-0.15, -0.1) is 0 Å². The summed E-state index contributed by atoms with van der Waals surface area (Å²) in [6.45, 7) is 4.34. The van der Waals surface area contributed by atoms with E-state index >= 15 is 0 Å². The van der Waals surface area contributed by atoms with Gasteiger partial charge in [0.25, 0.3) is 0 Å². The zero-order valence-corrected chi connectivity index (χ0v) is 8.34. The van der Waals surface area contributed by atoms with Gasteiger partial charge >= 0.3 is 11.9 Å². The number of carbonyl (C=O) groups is 2. The number of carbonyl (C=O) groups excluding carboxylic acids is 2. The fourth-order valence-electron chi connectivity index (χ4n) is 1.39. The Morgan fingerprint density at radius 2 is 2.36 bits per heavy atom. The Hall–Kier alpha value is -1.10. The maximum Gasteiger partial charge on any atom is 0.396 e. The Morgan fingerprint density at radius 1 is 1.57 bits per heavy atom. The number of ether oxygens (including phenoxy) is 1. The van der Waals surface area contributed by atoms with Crippen molar-refractivity contribution in [2.24, 2.45) is 5.92 Å². The van der Waals surface area contributed by atoms with Crippen molar-refractivity contribution in [3.8, 4) is 0 Å². The Morgan fingerprint density at radius 3 is 2.93 bits per heavy atom. The standard InChI is InChI=1S/C9H16N2O3/c1-2-14-9(13)8(12)11-6-7-3-4-10-5-7/h7,10H,2-6H2,1H3,(H,11,12). The van der Waals surface area contributed by atoms with Gasteiger partial charge in [-0.05, 0) is 32.4 Å². The van der Waals surface area contributed by atoms with Gasteiger partial charge in [-0.3, -0.25) is 4.79 Å². The van der Waals surface area contributed by atoms with Crippen molar-refractivity contribution in [2.75, 3.05) is 26.2 Å². The molecule has 14 heavy (non-hydrogen) atoms. The predicted octanol–water partition coefficient (Wildman–Crippen LogP) is -0.725. The Bertz CT molecular complexity index is 212. The first-order valence-corrected chi connectivity index (χ1v) is 4.89. The fourth-order valence-corrected chi connectivity index (χ4v) is 1.39. The second-order valence-electron chi connectivity index (χ2n) is 3.29. The largest absolute Gasteiger partial charge is 0.459 e. The first-order chi connectivity index (χ1) is 6.74. The smallest absolute Gasteiger partial charge is 0.396 e. The van der Waals surface area contributed by atoms with Crippen LogP contribution in [0.25, 0.3) is 0 Å². The fraction of sp³-hybridized carbons (Fsp3) is 0.778. The minimum atomic E-state index is -0.793. The molecule has 1 fully saturated rings. The van der Waals surface area contributed by atoms with Gasteiger partial charge in [0.1, 0.15) is 0 Å². The van der Waals surface area contributed by atoms with Crippen molar-refractivity contribution in [3.05, 3.63) is 0 Å². The third-order valence-electron chi connectivity index (χ3n) is 2.17. The summed E-state index contributed by atoms with van der Waals surface area (Å²) in [5.41, 5.74) is 0. The van der Waals surface area contributed by atoms with Crippen LogP contribution in [-0.2, 0) is 14.3 Å². The quantitative estimate of drug-likeness (QED) is 0.466. The number of rotatable bonds is 3. The molecule has 80 valence electrons. The topological polar surface area (TPSA) is 67.4 Å². The summed E-state index contributed by atoms with van der Waals surface area (Å²) in [6, 6.07) is 0. The molecular formula is C9H16N2O3. The lowest BCUT2D eigenvalue weighted by Gasteiger charge is -2.08. The predicted molar refractivity (Wildman–Crippen MR) is 50.6 cm³/mol. The average molecular weight is 200 g/mol. The van der Waals surface area contributed by atoms with Gasteiger partial charge in [0.05, 0.1) is 6.61 Å². The molecule has 1 amide bonds. The third kappa shape index (κ3) is 3.33. The molecular weight excluding hydrogens is 184 g/mol. The molecule has 1 aliphatic rings. The van der Waals surface area contributed by atoms with Crippen molar-refractivity contribution < 1.29 is 14.3 Å². The highest BCUT2D eigenvalue weighted by molar-refractivity contribution is 6.32. The second-order valence-corrected chi connectivity index (χ2v) is 3.29. The zero-order valence-electron chi connectivity index (χ0n) is 8.34. The summed E-state index contributed by atoms with van der Waals surface area (Å²) in [4.78, 5) is 22.0. The molecule has 0 aromatic heterocycles. The minimum absolute atomic E-state index is 0.233. The molecule has 5 heteroatoms. The number of esters is 1. The average Bonchev–Trinajstić information content (AvgIpc) is 2.67. The molecule has 1 atom stereocenters. The SMILES string of the molecule is CCOC(=O)C(=O)NCC1CCNC1. The van der Waals surface area contributed by atoms with E-state index in [-0.39, 0.29) is 6.61 Å². The molecule has 1 heterocycles. The first kappa shape index (κ1) is 11.0. The van der Waals surface area contributed by atoms with Crippen LogP contribution in [0.2, 0.25) is 0 Å². The lowest BCUT2D eigenvalue weighted by molar-refractivity contribution is -0.154. The molecule has 0 spiro atoms. The van der Waals surface area contributed by atoms with Crippen LogP contribution < -0.4 is 10.6 Å². The molecule has 5 nitrogen and oxygen atoms in total. The van der Waals surface area contributed by atoms with Crippen LogP contribution in [0.1, 0.15) is 13.3 Å². The Balaban J connectivity index is 2.16. The molecule has 1 unspecified atom stereocenters. The number of nitrogens with one attached hydrogen (secondary N) is 2. The molecule has 0 bridgehead atoms. The molecule has 1 aliphatic heterocycles. The second kappa shape index (κ2) is 5.59. The molecule has 1 rings (SSSR count). The number of amides is 1. The molecule has 0 aliphatic carbocycles. The summed E-state index contributed by atoms with van der Waals surface area (Å²) in [6.07, 6.45) is 1.04. The van der Waals surface area contributed by atoms with E-state index in [1.54, 1.807) is 6.92 Å². The van der Waals surface area contributed by atoms with E-state index in [2.05, 4.69) is 15.4 Å². The van der Waals surface area contributed by atoms with Crippen molar-refractivity contribution in [1.29, 1.82) is 0 Å². The van der Waals surface area contributed by atoms with Gasteiger partial charge in [0, 0.05) is 6.54 Å². The van der Waals surface area contributed by atoms with Crippen LogP contribution in [-0.4, -0.2) is 38.1 Å². The van der Waals surface area contributed by atoms with Gasteiger partial charge < -0.3 is 15.4 Å². The van der Waals surface area contributed by atoms with Crippen molar-refractivity contribution in [3.63, 3.8) is 0 Å². The highest BCUT2D eigenvalue weighted by Gasteiger charge is 2.18. The van der Waals surface area contributed by atoms with E-state index in [1.165, 1.54) is 0 Å². The van der Waals surface area contributed by atoms with Gasteiger partial charge in [0.15, 0.2) is 0 Å². The van der Waals surface area contributed by atoms with Crippen LogP contribution in [0, 0.1) is 5.92 Å². The van der Waals surface area contributed by atoms with Crippen LogP contribution in [0.3, 0.4) is 0 Å². The van der Waals surface area contributed by atoms with E-state index in [0.29, 0.717) is 12.5 Å². The summed E-state index contributed by atoms with van der Waals surface area (Å²) in [7, 11) is 0. The van der Waals surface area contributed by atoms with Crippen molar-refractivity contribution >= 4 is 11.9 Å². The Kier molecular flexibility index (Phi) is 4.39. The maximum absolute atomic E-state index is 11.1. The zero-order chi connectivity index (χ0) is 10.4. The van der Waals surface area contributed by atoms with Gasteiger partial charge in [0.2, 0.25) is 0 Å². The monoisotopic (exact) mass is 200 g/mol. The summed E-state index contributed by atoms with van der Waals surface area (Å²) in [5, 5.41) is 5.74. The number of hydrogen-bond donors (Lipinski definition) is 2. The maximum atomic E-state index is 11.1. The molecule has 2 N–H and O–H groups in total. The van der Waals surface area contributed by atoms with E-state index in [9.17, 15) is 9.59 Å². The summed E-state index contributed by atoms with van der Waals surface area (Å²) >= 11 is 0. The summed E-state index contributed by atoms with van der Waals surface area (Å²) in [5.74, 6) is -0.995. The lowest BCUT2D eigenvalue weighted by atomic mass is 10.1.